The molecule has 21 heavy (non-hydrogen) atoms. The van der Waals surface area contributed by atoms with Crippen molar-refractivity contribution < 1.29 is 9.13 Å². The van der Waals surface area contributed by atoms with Crippen molar-refractivity contribution in [2.45, 2.75) is 13.3 Å². The molecule has 0 unspecified atom stereocenters. The molecule has 0 spiro atoms. The number of nitrogens with one attached hydrogen (secondary N) is 2. The van der Waals surface area contributed by atoms with Crippen LogP contribution in [0.5, 0.6) is 6.01 Å². The lowest BCUT2D eigenvalue weighted by Gasteiger charge is -2.10. The van der Waals surface area contributed by atoms with Crippen LogP contribution in [0.1, 0.15) is 13.3 Å². The molecule has 112 valence electrons. The molecule has 8 heteroatoms. The Morgan fingerprint density at radius 2 is 2.00 bits per heavy atom. The number of ether oxygens (including phenoxy) is 1. The summed E-state index contributed by atoms with van der Waals surface area (Å²) in [5.41, 5.74) is 0.493. The van der Waals surface area contributed by atoms with Crippen LogP contribution in [0.3, 0.4) is 0 Å². The van der Waals surface area contributed by atoms with Crippen molar-refractivity contribution in [1.82, 2.24) is 15.0 Å². The van der Waals surface area contributed by atoms with E-state index >= 15 is 0 Å². The van der Waals surface area contributed by atoms with Crippen molar-refractivity contribution in [3.05, 3.63) is 29.0 Å². The van der Waals surface area contributed by atoms with Gasteiger partial charge in [0.1, 0.15) is 5.82 Å². The fourth-order valence-electron chi connectivity index (χ4n) is 1.49. The van der Waals surface area contributed by atoms with Crippen LogP contribution in [0.15, 0.2) is 18.2 Å². The number of aromatic nitrogens is 3. The van der Waals surface area contributed by atoms with Gasteiger partial charge in [-0.2, -0.15) is 15.0 Å². The lowest BCUT2D eigenvalue weighted by atomic mass is 10.3. The molecule has 2 rings (SSSR count). The number of benzene rings is 1. The zero-order valence-corrected chi connectivity index (χ0v) is 12.4. The molecule has 1 heterocycles. The molecule has 0 bridgehead atoms. The molecule has 6 nitrogen and oxygen atoms in total. The van der Waals surface area contributed by atoms with Crippen molar-refractivity contribution in [2.24, 2.45) is 0 Å². The van der Waals surface area contributed by atoms with E-state index in [1.807, 2.05) is 6.92 Å². The molecule has 2 N–H and O–H groups in total. The quantitative estimate of drug-likeness (QED) is 0.853. The predicted octanol–water partition coefficient (Wildman–Crippen LogP) is 3.24. The van der Waals surface area contributed by atoms with E-state index in [4.69, 9.17) is 16.3 Å². The molecule has 0 saturated heterocycles. The Morgan fingerprint density at radius 1 is 1.24 bits per heavy atom. The SMILES string of the molecule is CCCOc1nc(NC)nc(Nc2ccc(F)cc2Cl)n1. The van der Waals surface area contributed by atoms with Gasteiger partial charge in [0.05, 0.1) is 17.3 Å². The van der Waals surface area contributed by atoms with E-state index in [9.17, 15) is 4.39 Å². The molecule has 2 aromatic rings. The molecule has 0 atom stereocenters. The maximum absolute atomic E-state index is 13.0. The highest BCUT2D eigenvalue weighted by Gasteiger charge is 2.09. The minimum Gasteiger partial charge on any atom is -0.463 e. The van der Waals surface area contributed by atoms with Crippen LogP contribution in [0.2, 0.25) is 5.02 Å². The maximum atomic E-state index is 13.0. The Labute approximate surface area is 126 Å². The van der Waals surface area contributed by atoms with Crippen LogP contribution in [0.4, 0.5) is 22.0 Å². The van der Waals surface area contributed by atoms with E-state index < -0.39 is 5.82 Å². The van der Waals surface area contributed by atoms with E-state index in [1.165, 1.54) is 18.2 Å². The molecule has 0 saturated carbocycles. The van der Waals surface area contributed by atoms with Gasteiger partial charge in [0.25, 0.3) is 0 Å². The summed E-state index contributed by atoms with van der Waals surface area (Å²) < 4.78 is 18.4. The van der Waals surface area contributed by atoms with Crippen LogP contribution >= 0.6 is 11.6 Å². The van der Waals surface area contributed by atoms with Gasteiger partial charge in [-0.15, -0.1) is 0 Å². The summed E-state index contributed by atoms with van der Waals surface area (Å²) in [7, 11) is 1.69. The second-order valence-corrected chi connectivity index (χ2v) is 4.52. The molecule has 0 amide bonds. The number of halogens is 2. The number of hydrogen-bond acceptors (Lipinski definition) is 6. The normalized spacial score (nSPS) is 10.3. The first-order chi connectivity index (χ1) is 10.1. The molecule has 0 fully saturated rings. The fourth-order valence-corrected chi connectivity index (χ4v) is 1.71. The minimum atomic E-state index is -0.413. The Morgan fingerprint density at radius 3 is 2.67 bits per heavy atom. The lowest BCUT2D eigenvalue weighted by Crippen LogP contribution is -2.07. The van der Waals surface area contributed by atoms with E-state index in [0.717, 1.165) is 6.42 Å². The lowest BCUT2D eigenvalue weighted by molar-refractivity contribution is 0.292. The topological polar surface area (TPSA) is 72.0 Å². The Balaban J connectivity index is 2.25. The summed E-state index contributed by atoms with van der Waals surface area (Å²) in [4.78, 5) is 12.4. The van der Waals surface area contributed by atoms with Gasteiger partial charge in [0, 0.05) is 7.05 Å². The molecule has 0 aliphatic heterocycles. The van der Waals surface area contributed by atoms with Crippen LogP contribution in [-0.2, 0) is 0 Å². The van der Waals surface area contributed by atoms with Gasteiger partial charge in [-0.25, -0.2) is 4.39 Å². The van der Waals surface area contributed by atoms with Crippen molar-refractivity contribution in [3.63, 3.8) is 0 Å². The first kappa shape index (κ1) is 15.2. The fraction of sp³-hybridized carbons (Fsp3) is 0.308. The van der Waals surface area contributed by atoms with E-state index in [1.54, 1.807) is 7.05 Å². The highest BCUT2D eigenvalue weighted by Crippen LogP contribution is 2.25. The summed E-state index contributed by atoms with van der Waals surface area (Å²) in [6.45, 7) is 2.49. The van der Waals surface area contributed by atoms with E-state index in [2.05, 4.69) is 25.6 Å². The molecule has 0 aliphatic rings. The van der Waals surface area contributed by atoms with Gasteiger partial charge < -0.3 is 15.4 Å². The molecule has 0 radical (unpaired) electrons. The van der Waals surface area contributed by atoms with E-state index in [0.29, 0.717) is 18.2 Å². The summed E-state index contributed by atoms with van der Waals surface area (Å²) in [6, 6.07) is 4.21. The van der Waals surface area contributed by atoms with Gasteiger partial charge in [-0.1, -0.05) is 18.5 Å². The molecule has 1 aromatic carbocycles. The minimum absolute atomic E-state index is 0.205. The largest absolute Gasteiger partial charge is 0.463 e. The summed E-state index contributed by atoms with van der Waals surface area (Å²) >= 11 is 5.96. The van der Waals surface area contributed by atoms with Gasteiger partial charge in [0.15, 0.2) is 0 Å². The van der Waals surface area contributed by atoms with Crippen molar-refractivity contribution in [2.75, 3.05) is 24.3 Å². The smallest absolute Gasteiger partial charge is 0.323 e. The van der Waals surface area contributed by atoms with Crippen LogP contribution < -0.4 is 15.4 Å². The zero-order valence-electron chi connectivity index (χ0n) is 11.7. The van der Waals surface area contributed by atoms with Crippen LogP contribution in [0, 0.1) is 5.82 Å². The number of anilines is 3. The standard InChI is InChI=1S/C13H15ClFN5O/c1-3-6-21-13-19-11(16-2)18-12(20-13)17-10-5-4-8(15)7-9(10)14/h4-5,7H,3,6H2,1-2H3,(H2,16,17,18,19,20). The first-order valence-corrected chi connectivity index (χ1v) is 6.79. The van der Waals surface area contributed by atoms with Gasteiger partial charge >= 0.3 is 6.01 Å². The predicted molar refractivity (Wildman–Crippen MR) is 79.9 cm³/mol. The highest BCUT2D eigenvalue weighted by atomic mass is 35.5. The number of nitrogens with zero attached hydrogens (tertiary/aromatic N) is 3. The maximum Gasteiger partial charge on any atom is 0.323 e. The Bertz CT molecular complexity index is 626. The van der Waals surface area contributed by atoms with Crippen molar-refractivity contribution >= 4 is 29.2 Å². The molecule has 1 aromatic heterocycles. The second-order valence-electron chi connectivity index (χ2n) is 4.11. The third kappa shape index (κ3) is 4.16. The first-order valence-electron chi connectivity index (χ1n) is 6.41. The van der Waals surface area contributed by atoms with Crippen LogP contribution in [-0.4, -0.2) is 28.6 Å². The third-order valence-electron chi connectivity index (χ3n) is 2.45. The van der Waals surface area contributed by atoms with Gasteiger partial charge in [0.2, 0.25) is 11.9 Å². The second kappa shape index (κ2) is 7.03. The molecular weight excluding hydrogens is 297 g/mol. The van der Waals surface area contributed by atoms with E-state index in [-0.39, 0.29) is 17.0 Å². The molecular formula is C13H15ClFN5O. The number of hydrogen-bond donors (Lipinski definition) is 2. The zero-order chi connectivity index (χ0) is 15.2. The summed E-state index contributed by atoms with van der Waals surface area (Å²) in [5.74, 6) is 0.204. The average molecular weight is 312 g/mol. The van der Waals surface area contributed by atoms with Crippen molar-refractivity contribution in [1.29, 1.82) is 0 Å². The third-order valence-corrected chi connectivity index (χ3v) is 2.76. The van der Waals surface area contributed by atoms with Gasteiger partial charge in [-0.05, 0) is 24.6 Å². The Kier molecular flexibility index (Phi) is 5.10. The Hall–Kier alpha value is -2.15. The molecule has 0 aliphatic carbocycles. The summed E-state index contributed by atoms with van der Waals surface area (Å²) in [6.07, 6.45) is 0.840. The summed E-state index contributed by atoms with van der Waals surface area (Å²) in [5, 5.41) is 5.96. The monoisotopic (exact) mass is 311 g/mol. The average Bonchev–Trinajstić information content (AvgIpc) is 2.48. The van der Waals surface area contributed by atoms with Crippen LogP contribution in [0.25, 0.3) is 0 Å². The van der Waals surface area contributed by atoms with Gasteiger partial charge in [-0.3, -0.25) is 0 Å². The number of rotatable bonds is 6. The van der Waals surface area contributed by atoms with Crippen molar-refractivity contribution in [3.8, 4) is 6.01 Å². The highest BCUT2D eigenvalue weighted by molar-refractivity contribution is 6.33.